The quantitative estimate of drug-likeness (QED) is 0.404. The Balaban J connectivity index is 1.52. The Morgan fingerprint density at radius 2 is 1.92 bits per heavy atom. The van der Waals surface area contributed by atoms with Crippen LogP contribution in [0.4, 0.5) is 0 Å². The third-order valence-corrected chi connectivity index (χ3v) is 10.0. The molecule has 7 nitrogen and oxygen atoms in total. The molecular formula is C32H40O7. The van der Waals surface area contributed by atoms with Crippen molar-refractivity contribution >= 4 is 17.9 Å². The van der Waals surface area contributed by atoms with Gasteiger partial charge in [0, 0.05) is 36.8 Å². The molecule has 5 rings (SSSR count). The van der Waals surface area contributed by atoms with Crippen molar-refractivity contribution in [3.63, 3.8) is 0 Å². The lowest BCUT2D eigenvalue weighted by Crippen LogP contribution is -2.46. The van der Waals surface area contributed by atoms with Crippen LogP contribution < -0.4 is 0 Å². The van der Waals surface area contributed by atoms with Crippen molar-refractivity contribution in [2.24, 2.45) is 29.1 Å². The summed E-state index contributed by atoms with van der Waals surface area (Å²) in [6.45, 7) is 15.6. The molecule has 1 N–H and O–H groups in total. The highest BCUT2D eigenvalue weighted by molar-refractivity contribution is 5.88. The molecule has 8 atom stereocenters. The zero-order valence-corrected chi connectivity index (χ0v) is 23.8. The highest BCUT2D eigenvalue weighted by atomic mass is 16.6. The Morgan fingerprint density at radius 3 is 2.59 bits per heavy atom. The first-order chi connectivity index (χ1) is 18.2. The lowest BCUT2D eigenvalue weighted by atomic mass is 9.61. The maximum absolute atomic E-state index is 12.4. The third-order valence-electron chi connectivity index (χ3n) is 10.0. The summed E-state index contributed by atoms with van der Waals surface area (Å²) >= 11 is 0. The number of fused-ring (bicyclic) bond motifs is 4. The van der Waals surface area contributed by atoms with Gasteiger partial charge < -0.3 is 19.3 Å². The van der Waals surface area contributed by atoms with Crippen molar-refractivity contribution < 1.29 is 33.7 Å². The van der Waals surface area contributed by atoms with E-state index in [1.54, 1.807) is 13.0 Å². The van der Waals surface area contributed by atoms with Gasteiger partial charge in [-0.15, -0.1) is 0 Å². The van der Waals surface area contributed by atoms with Crippen LogP contribution in [-0.2, 0) is 28.6 Å². The van der Waals surface area contributed by atoms with E-state index in [0.717, 1.165) is 16.7 Å². The average molecular weight is 537 g/mol. The van der Waals surface area contributed by atoms with Crippen molar-refractivity contribution in [3.8, 4) is 0 Å². The summed E-state index contributed by atoms with van der Waals surface area (Å²) in [5, 5.41) is 12.3. The highest BCUT2D eigenvalue weighted by Crippen LogP contribution is 2.64. The zero-order chi connectivity index (χ0) is 28.5. The van der Waals surface area contributed by atoms with Crippen LogP contribution in [0.15, 0.2) is 59.3 Å². The first-order valence-electron chi connectivity index (χ1n) is 14.0. The summed E-state index contributed by atoms with van der Waals surface area (Å²) in [5.74, 6) is -1.83. The second-order valence-electron chi connectivity index (χ2n) is 12.9. The number of ether oxygens (including phenoxy) is 3. The van der Waals surface area contributed by atoms with Crippen LogP contribution in [0, 0.1) is 29.1 Å². The molecule has 7 heteroatoms. The zero-order valence-electron chi connectivity index (χ0n) is 23.8. The van der Waals surface area contributed by atoms with E-state index in [9.17, 15) is 19.5 Å². The van der Waals surface area contributed by atoms with E-state index < -0.39 is 35.2 Å². The van der Waals surface area contributed by atoms with Crippen molar-refractivity contribution in [2.45, 2.75) is 90.6 Å². The van der Waals surface area contributed by atoms with E-state index in [2.05, 4.69) is 26.5 Å². The van der Waals surface area contributed by atoms with Gasteiger partial charge in [-0.3, -0.25) is 4.79 Å². The van der Waals surface area contributed by atoms with Crippen LogP contribution in [0.3, 0.4) is 0 Å². The summed E-state index contributed by atoms with van der Waals surface area (Å²) < 4.78 is 17.4. The highest BCUT2D eigenvalue weighted by Gasteiger charge is 2.63. The summed E-state index contributed by atoms with van der Waals surface area (Å²) in [7, 11) is 0. The first kappa shape index (κ1) is 27.6. The molecule has 5 aliphatic rings. The van der Waals surface area contributed by atoms with E-state index in [-0.39, 0.29) is 35.2 Å². The van der Waals surface area contributed by atoms with E-state index in [1.807, 2.05) is 26.0 Å². The molecule has 1 saturated carbocycles. The molecule has 0 aromatic rings. The minimum atomic E-state index is -1.19. The molecular weight excluding hydrogens is 496 g/mol. The Morgan fingerprint density at radius 1 is 1.21 bits per heavy atom. The molecule has 2 aliphatic heterocycles. The largest absolute Gasteiger partial charge is 0.462 e. The summed E-state index contributed by atoms with van der Waals surface area (Å²) in [6, 6.07) is 0. The number of carbonyl (C=O) groups excluding carboxylic acids is 3. The number of carbonyl (C=O) groups is 3. The van der Waals surface area contributed by atoms with Crippen LogP contribution in [0.2, 0.25) is 0 Å². The first-order valence-corrected chi connectivity index (χ1v) is 14.0. The second kappa shape index (κ2) is 9.33. The molecule has 1 fully saturated rings. The van der Waals surface area contributed by atoms with Gasteiger partial charge in [0.15, 0.2) is 0 Å². The van der Waals surface area contributed by atoms with Gasteiger partial charge in [-0.25, -0.2) is 9.59 Å². The fraction of sp³-hybridized carbons (Fsp3) is 0.594. The van der Waals surface area contributed by atoms with Crippen LogP contribution in [0.25, 0.3) is 0 Å². The standard InChI is InChI=1S/C32H40O7/c1-17-8-10-24(38-29(17)35)19(3)22-12-13-31(7)23(18(22)2)16-32(36)15-21-9-11-27(34)39-30(5,6)28(21)25(14-26(31)32)37-20(4)33/h8-9,11-12,15,19,23-26,28,36H,2,10,13-14,16H2,1,3-7H3/t19?,23-,24+,25?,26-,28-,31+,32+/m0/s1. The Hall–Kier alpha value is -2.93. The molecule has 0 amide bonds. The molecule has 39 heavy (non-hydrogen) atoms. The Labute approximate surface area is 230 Å². The van der Waals surface area contributed by atoms with Gasteiger partial charge in [0.05, 0.1) is 11.5 Å². The van der Waals surface area contributed by atoms with Gasteiger partial charge >= 0.3 is 17.9 Å². The van der Waals surface area contributed by atoms with Crippen LogP contribution in [0.1, 0.15) is 67.2 Å². The van der Waals surface area contributed by atoms with Gasteiger partial charge in [-0.1, -0.05) is 38.7 Å². The maximum Gasteiger partial charge on any atom is 0.333 e. The second-order valence-corrected chi connectivity index (χ2v) is 12.9. The predicted octanol–water partition coefficient (Wildman–Crippen LogP) is 4.91. The van der Waals surface area contributed by atoms with Crippen LogP contribution >= 0.6 is 0 Å². The van der Waals surface area contributed by atoms with Crippen molar-refractivity contribution in [2.75, 3.05) is 0 Å². The number of hydrogen-bond acceptors (Lipinski definition) is 7. The molecule has 2 unspecified atom stereocenters. The van der Waals surface area contributed by atoms with Gasteiger partial charge in [-0.2, -0.15) is 0 Å². The van der Waals surface area contributed by atoms with E-state index in [1.165, 1.54) is 13.0 Å². The van der Waals surface area contributed by atoms with Crippen molar-refractivity contribution in [3.05, 3.63) is 59.3 Å². The fourth-order valence-corrected chi connectivity index (χ4v) is 8.07. The molecule has 0 aromatic carbocycles. The molecule has 210 valence electrons. The van der Waals surface area contributed by atoms with Crippen molar-refractivity contribution in [1.82, 2.24) is 0 Å². The number of cyclic esters (lactones) is 2. The normalized spacial score (nSPS) is 39.8. The molecule has 2 heterocycles. The number of hydrogen-bond donors (Lipinski definition) is 1. The molecule has 0 saturated heterocycles. The Bertz CT molecular complexity index is 1250. The fourth-order valence-electron chi connectivity index (χ4n) is 8.07. The topological polar surface area (TPSA) is 99.1 Å². The van der Waals surface area contributed by atoms with Crippen LogP contribution in [-0.4, -0.2) is 46.4 Å². The van der Waals surface area contributed by atoms with Gasteiger partial charge in [0.1, 0.15) is 17.8 Å². The lowest BCUT2D eigenvalue weighted by Gasteiger charge is -2.45. The van der Waals surface area contributed by atoms with Gasteiger partial charge in [-0.05, 0) is 74.2 Å². The van der Waals surface area contributed by atoms with E-state index >= 15 is 0 Å². The summed E-state index contributed by atoms with van der Waals surface area (Å²) in [6.07, 6.45) is 10.6. The maximum atomic E-state index is 12.4. The minimum Gasteiger partial charge on any atom is -0.462 e. The number of allylic oxidation sites excluding steroid dienone is 3. The summed E-state index contributed by atoms with van der Waals surface area (Å²) in [4.78, 5) is 36.9. The minimum absolute atomic E-state index is 0.0152. The van der Waals surface area contributed by atoms with E-state index in [4.69, 9.17) is 14.2 Å². The number of esters is 3. The average Bonchev–Trinajstić information content (AvgIpc) is 2.91. The number of rotatable bonds is 3. The van der Waals surface area contributed by atoms with Crippen LogP contribution in [0.5, 0.6) is 0 Å². The monoisotopic (exact) mass is 536 g/mol. The van der Waals surface area contributed by atoms with Gasteiger partial charge in [0.2, 0.25) is 0 Å². The van der Waals surface area contributed by atoms with Gasteiger partial charge in [0.25, 0.3) is 0 Å². The molecule has 0 spiro atoms. The SMILES string of the molecule is C=C1C(C(C)[C@H]2CC=C(C)C(=O)O2)=CC[C@]2(C)[C@H]1C[C@]1(O)C=C3C=CC(=O)OC(C)(C)[C@@H]3C(OC(C)=O)C[C@@H]21. The number of aliphatic hydroxyl groups is 1. The smallest absolute Gasteiger partial charge is 0.333 e. The lowest BCUT2D eigenvalue weighted by molar-refractivity contribution is -0.166. The summed E-state index contributed by atoms with van der Waals surface area (Å²) in [5.41, 5.74) is 0.963. The molecule has 0 radical (unpaired) electrons. The third kappa shape index (κ3) is 4.52. The molecule has 0 bridgehead atoms. The molecule has 3 aliphatic carbocycles. The Kier molecular flexibility index (Phi) is 6.61. The predicted molar refractivity (Wildman–Crippen MR) is 145 cm³/mol. The van der Waals surface area contributed by atoms with Crippen molar-refractivity contribution in [1.29, 1.82) is 0 Å². The van der Waals surface area contributed by atoms with E-state index in [0.29, 0.717) is 31.3 Å². The molecule has 0 aromatic heterocycles.